The summed E-state index contributed by atoms with van der Waals surface area (Å²) in [4.78, 5) is 17.1. The molecule has 0 saturated carbocycles. The predicted molar refractivity (Wildman–Crippen MR) is 109 cm³/mol. The van der Waals surface area contributed by atoms with Gasteiger partial charge in [0.05, 0.1) is 29.7 Å². The summed E-state index contributed by atoms with van der Waals surface area (Å²) in [5.41, 5.74) is 2.69. The maximum absolute atomic E-state index is 13.3. The second-order valence-corrected chi connectivity index (χ2v) is 7.05. The van der Waals surface area contributed by atoms with Gasteiger partial charge in [-0.1, -0.05) is 49.3 Å². The largest absolute Gasteiger partial charge is 0.343 e. The number of aromatic nitrogens is 4. The predicted octanol–water partition coefficient (Wildman–Crippen LogP) is 4.11. The molecule has 0 spiro atoms. The average Bonchev–Trinajstić information content (AvgIpc) is 3.41. The molecular weight excluding hydrogens is 385 g/mol. The van der Waals surface area contributed by atoms with E-state index in [0.29, 0.717) is 23.0 Å². The van der Waals surface area contributed by atoms with E-state index in [1.807, 2.05) is 44.2 Å². The lowest BCUT2D eigenvalue weighted by Gasteiger charge is -2.12. The van der Waals surface area contributed by atoms with Gasteiger partial charge in [-0.15, -0.1) is 0 Å². The zero-order valence-electron chi connectivity index (χ0n) is 16.5. The van der Waals surface area contributed by atoms with Crippen molar-refractivity contribution in [3.05, 3.63) is 83.8 Å². The average molecular weight is 405 g/mol. The zero-order chi connectivity index (χ0) is 21.1. The van der Waals surface area contributed by atoms with Crippen LogP contribution >= 0.6 is 0 Å². The maximum Gasteiger partial charge on any atom is 0.255 e. The normalized spacial score (nSPS) is 11.1. The maximum atomic E-state index is 13.3. The first-order chi connectivity index (χ1) is 14.5. The Balaban J connectivity index is 1.51. The lowest BCUT2D eigenvalue weighted by atomic mass is 10.1. The topological polar surface area (TPSA) is 85.8 Å². The van der Waals surface area contributed by atoms with Crippen LogP contribution in [0.25, 0.3) is 17.1 Å². The van der Waals surface area contributed by atoms with E-state index in [2.05, 4.69) is 20.6 Å². The molecule has 0 aliphatic heterocycles. The summed E-state index contributed by atoms with van der Waals surface area (Å²) in [5, 5.41) is 11.1. The van der Waals surface area contributed by atoms with E-state index in [-0.39, 0.29) is 24.2 Å². The number of carbonyl (C=O) groups is 1. The number of nitrogens with one attached hydrogen (secondary N) is 1. The Labute approximate surface area is 172 Å². The molecule has 0 aliphatic carbocycles. The van der Waals surface area contributed by atoms with Gasteiger partial charge in [0.15, 0.2) is 0 Å². The smallest absolute Gasteiger partial charge is 0.255 e. The molecule has 0 atom stereocenters. The molecule has 1 amide bonds. The first kappa shape index (κ1) is 19.5. The van der Waals surface area contributed by atoms with Gasteiger partial charge in [0, 0.05) is 5.56 Å². The lowest BCUT2D eigenvalue weighted by Crippen LogP contribution is -2.24. The van der Waals surface area contributed by atoms with E-state index in [4.69, 9.17) is 4.52 Å². The second kappa shape index (κ2) is 8.28. The Hall–Kier alpha value is -3.81. The van der Waals surface area contributed by atoms with Crippen molar-refractivity contribution in [2.45, 2.75) is 26.3 Å². The number of halogens is 1. The minimum Gasteiger partial charge on any atom is -0.343 e. The third kappa shape index (κ3) is 3.98. The minimum atomic E-state index is -0.329. The molecule has 0 fully saturated rings. The number of hydrogen-bond donors (Lipinski definition) is 1. The Morgan fingerprint density at radius 2 is 1.87 bits per heavy atom. The molecule has 0 bridgehead atoms. The quantitative estimate of drug-likeness (QED) is 0.522. The second-order valence-electron chi connectivity index (χ2n) is 7.05. The molecule has 0 saturated heterocycles. The summed E-state index contributed by atoms with van der Waals surface area (Å²) < 4.78 is 20.1. The van der Waals surface area contributed by atoms with Crippen LogP contribution in [0.1, 0.15) is 41.7 Å². The molecule has 30 heavy (non-hydrogen) atoms. The molecule has 2 aromatic heterocycles. The number of carbonyl (C=O) groups excluding carboxylic acids is 1. The number of amides is 1. The van der Waals surface area contributed by atoms with Gasteiger partial charge in [-0.05, 0) is 30.2 Å². The van der Waals surface area contributed by atoms with Gasteiger partial charge >= 0.3 is 0 Å². The molecular formula is C22H20FN5O2. The van der Waals surface area contributed by atoms with Crippen LogP contribution in [-0.4, -0.2) is 25.8 Å². The number of rotatable bonds is 6. The van der Waals surface area contributed by atoms with Crippen LogP contribution in [0.4, 0.5) is 4.39 Å². The molecule has 4 aromatic rings. The van der Waals surface area contributed by atoms with Gasteiger partial charge < -0.3 is 9.84 Å². The van der Waals surface area contributed by atoms with Crippen LogP contribution in [0, 0.1) is 5.82 Å². The summed E-state index contributed by atoms with van der Waals surface area (Å²) in [6.07, 6.45) is 1.51. The molecule has 2 heterocycles. The van der Waals surface area contributed by atoms with Crippen molar-refractivity contribution in [3.63, 3.8) is 0 Å². The Morgan fingerprint density at radius 1 is 1.13 bits per heavy atom. The Bertz CT molecular complexity index is 1150. The third-order valence-corrected chi connectivity index (χ3v) is 4.57. The van der Waals surface area contributed by atoms with Crippen molar-refractivity contribution in [1.29, 1.82) is 0 Å². The SMILES string of the molecule is CC(C)c1c(C(=O)NCc2nc(-c3ccccc3)no2)cnn1-c1ccc(F)cc1. The third-order valence-electron chi connectivity index (χ3n) is 4.57. The van der Waals surface area contributed by atoms with Gasteiger partial charge in [-0.3, -0.25) is 4.79 Å². The molecule has 152 valence electrons. The summed E-state index contributed by atoms with van der Waals surface area (Å²) in [6.45, 7) is 4.04. The van der Waals surface area contributed by atoms with Crippen molar-refractivity contribution >= 4 is 5.91 Å². The summed E-state index contributed by atoms with van der Waals surface area (Å²) in [5.74, 6) is 0.161. The number of nitrogens with zero attached hydrogens (tertiary/aromatic N) is 4. The van der Waals surface area contributed by atoms with Crippen molar-refractivity contribution in [3.8, 4) is 17.1 Å². The van der Waals surface area contributed by atoms with Crippen LogP contribution in [0.5, 0.6) is 0 Å². The highest BCUT2D eigenvalue weighted by Crippen LogP contribution is 2.23. The monoisotopic (exact) mass is 405 g/mol. The molecule has 0 aliphatic rings. The minimum absolute atomic E-state index is 0.0198. The number of hydrogen-bond acceptors (Lipinski definition) is 5. The van der Waals surface area contributed by atoms with Crippen molar-refractivity contribution < 1.29 is 13.7 Å². The van der Waals surface area contributed by atoms with Crippen LogP contribution in [0.3, 0.4) is 0 Å². The van der Waals surface area contributed by atoms with Gasteiger partial charge in [0.2, 0.25) is 11.7 Å². The molecule has 4 rings (SSSR count). The van der Waals surface area contributed by atoms with Crippen molar-refractivity contribution in [2.75, 3.05) is 0 Å². The number of benzene rings is 2. The van der Waals surface area contributed by atoms with E-state index in [1.165, 1.54) is 18.3 Å². The Kier molecular flexibility index (Phi) is 5.38. The molecule has 7 nitrogen and oxygen atoms in total. The summed E-state index contributed by atoms with van der Waals surface area (Å²) in [7, 11) is 0. The van der Waals surface area contributed by atoms with Gasteiger partial charge in [0.25, 0.3) is 5.91 Å². The molecule has 8 heteroatoms. The van der Waals surface area contributed by atoms with Gasteiger partial charge in [0.1, 0.15) is 5.82 Å². The Morgan fingerprint density at radius 3 is 2.57 bits per heavy atom. The molecule has 2 aromatic carbocycles. The summed E-state index contributed by atoms with van der Waals surface area (Å²) in [6, 6.07) is 15.4. The first-order valence-corrected chi connectivity index (χ1v) is 9.53. The van der Waals surface area contributed by atoms with Crippen LogP contribution < -0.4 is 5.32 Å². The van der Waals surface area contributed by atoms with Crippen LogP contribution in [0.15, 0.2) is 65.3 Å². The molecule has 0 unspecified atom stereocenters. The highest BCUT2D eigenvalue weighted by Gasteiger charge is 2.21. The molecule has 1 N–H and O–H groups in total. The van der Waals surface area contributed by atoms with Crippen LogP contribution in [-0.2, 0) is 6.54 Å². The fourth-order valence-corrected chi connectivity index (χ4v) is 3.16. The fraction of sp³-hybridized carbons (Fsp3) is 0.182. The van der Waals surface area contributed by atoms with Crippen molar-refractivity contribution in [2.24, 2.45) is 0 Å². The van der Waals surface area contributed by atoms with E-state index >= 15 is 0 Å². The van der Waals surface area contributed by atoms with E-state index in [0.717, 1.165) is 11.3 Å². The fourth-order valence-electron chi connectivity index (χ4n) is 3.16. The van der Waals surface area contributed by atoms with Crippen LogP contribution in [0.2, 0.25) is 0 Å². The highest BCUT2D eigenvalue weighted by atomic mass is 19.1. The van der Waals surface area contributed by atoms with Gasteiger partial charge in [-0.2, -0.15) is 10.1 Å². The summed E-state index contributed by atoms with van der Waals surface area (Å²) >= 11 is 0. The lowest BCUT2D eigenvalue weighted by molar-refractivity contribution is 0.0945. The van der Waals surface area contributed by atoms with Crippen molar-refractivity contribution in [1.82, 2.24) is 25.2 Å². The zero-order valence-corrected chi connectivity index (χ0v) is 16.5. The van der Waals surface area contributed by atoms with E-state index in [1.54, 1.807) is 16.8 Å². The standard InChI is InChI=1S/C22H20FN5O2/c1-14(2)20-18(12-25-28(20)17-10-8-16(23)9-11-17)22(29)24-13-19-26-21(27-30-19)15-6-4-3-5-7-15/h3-12,14H,13H2,1-2H3,(H,24,29). The van der Waals surface area contributed by atoms with E-state index in [9.17, 15) is 9.18 Å². The van der Waals surface area contributed by atoms with Gasteiger partial charge in [-0.25, -0.2) is 9.07 Å². The first-order valence-electron chi connectivity index (χ1n) is 9.53. The molecule has 0 radical (unpaired) electrons. The highest BCUT2D eigenvalue weighted by molar-refractivity contribution is 5.95. The van der Waals surface area contributed by atoms with E-state index < -0.39 is 0 Å².